The standard InChI is InChI=1S/C15H20N4O/c1-2-9-16-15(20)17-10-8-13-11-18-14(19-13)12-6-4-3-5-7-12/h3-7,11H,2,8-10H2,1H3,(H,18,19)(H2,16,17,20). The number of nitrogens with one attached hydrogen (secondary N) is 3. The first kappa shape index (κ1) is 14.1. The van der Waals surface area contributed by atoms with Crippen molar-refractivity contribution in [2.45, 2.75) is 19.8 Å². The topological polar surface area (TPSA) is 69.8 Å². The lowest BCUT2D eigenvalue weighted by atomic mass is 10.2. The summed E-state index contributed by atoms with van der Waals surface area (Å²) in [7, 11) is 0. The van der Waals surface area contributed by atoms with Gasteiger partial charge in [0.1, 0.15) is 5.82 Å². The van der Waals surface area contributed by atoms with E-state index in [1.165, 1.54) is 0 Å². The van der Waals surface area contributed by atoms with E-state index >= 15 is 0 Å². The summed E-state index contributed by atoms with van der Waals surface area (Å²) in [5.41, 5.74) is 2.08. The Morgan fingerprint density at radius 3 is 2.70 bits per heavy atom. The summed E-state index contributed by atoms with van der Waals surface area (Å²) in [6.07, 6.45) is 3.49. The molecule has 0 spiro atoms. The highest BCUT2D eigenvalue weighted by Crippen LogP contribution is 2.14. The summed E-state index contributed by atoms with van der Waals surface area (Å²) in [4.78, 5) is 19.0. The molecule has 0 atom stereocenters. The molecule has 2 amide bonds. The molecule has 0 saturated carbocycles. The number of hydrogen-bond donors (Lipinski definition) is 3. The summed E-state index contributed by atoms with van der Waals surface area (Å²) in [5, 5.41) is 5.59. The third kappa shape index (κ3) is 4.12. The van der Waals surface area contributed by atoms with Gasteiger partial charge in [-0.15, -0.1) is 0 Å². The Morgan fingerprint density at radius 1 is 1.20 bits per heavy atom. The van der Waals surface area contributed by atoms with Gasteiger partial charge in [-0.2, -0.15) is 0 Å². The average Bonchev–Trinajstić information content (AvgIpc) is 2.95. The van der Waals surface area contributed by atoms with Crippen LogP contribution in [0.4, 0.5) is 4.79 Å². The molecule has 3 N–H and O–H groups in total. The van der Waals surface area contributed by atoms with Crippen molar-refractivity contribution in [3.05, 3.63) is 42.2 Å². The van der Waals surface area contributed by atoms with Crippen molar-refractivity contribution in [3.8, 4) is 11.4 Å². The normalized spacial score (nSPS) is 10.2. The van der Waals surface area contributed by atoms with Crippen LogP contribution in [-0.2, 0) is 6.42 Å². The highest BCUT2D eigenvalue weighted by Gasteiger charge is 2.03. The van der Waals surface area contributed by atoms with E-state index in [1.807, 2.05) is 43.5 Å². The number of amides is 2. The van der Waals surface area contributed by atoms with E-state index in [4.69, 9.17) is 0 Å². The average molecular weight is 272 g/mol. The molecule has 0 unspecified atom stereocenters. The number of urea groups is 1. The second kappa shape index (κ2) is 7.33. The summed E-state index contributed by atoms with van der Waals surface area (Å²) in [6, 6.07) is 9.85. The SMILES string of the molecule is CCCNC(=O)NCCc1cnc(-c2ccccc2)[nH]1. The maximum Gasteiger partial charge on any atom is 0.314 e. The Morgan fingerprint density at radius 2 is 1.95 bits per heavy atom. The van der Waals surface area contributed by atoms with Gasteiger partial charge in [0, 0.05) is 37.0 Å². The molecule has 0 aliphatic heterocycles. The molecule has 2 rings (SSSR count). The molecule has 5 nitrogen and oxygen atoms in total. The second-order valence-electron chi connectivity index (χ2n) is 4.56. The van der Waals surface area contributed by atoms with Gasteiger partial charge in [0.25, 0.3) is 0 Å². The number of aromatic amines is 1. The third-order valence-electron chi connectivity index (χ3n) is 2.89. The minimum atomic E-state index is -0.116. The fourth-order valence-corrected chi connectivity index (χ4v) is 1.84. The maximum atomic E-state index is 11.4. The van der Waals surface area contributed by atoms with Crippen LogP contribution in [0, 0.1) is 0 Å². The molecule has 20 heavy (non-hydrogen) atoms. The first-order chi connectivity index (χ1) is 9.79. The van der Waals surface area contributed by atoms with E-state index < -0.39 is 0 Å². The second-order valence-corrected chi connectivity index (χ2v) is 4.56. The van der Waals surface area contributed by atoms with Gasteiger partial charge in [-0.3, -0.25) is 0 Å². The number of imidazole rings is 1. The van der Waals surface area contributed by atoms with Crippen LogP contribution in [-0.4, -0.2) is 29.1 Å². The molecule has 1 aromatic heterocycles. The fraction of sp³-hybridized carbons (Fsp3) is 0.333. The first-order valence-electron chi connectivity index (χ1n) is 6.90. The summed E-state index contributed by atoms with van der Waals surface area (Å²) >= 11 is 0. The van der Waals surface area contributed by atoms with Crippen molar-refractivity contribution >= 4 is 6.03 Å². The Balaban J connectivity index is 1.80. The van der Waals surface area contributed by atoms with E-state index in [1.54, 1.807) is 0 Å². The van der Waals surface area contributed by atoms with Crippen LogP contribution < -0.4 is 10.6 Å². The maximum absolute atomic E-state index is 11.4. The lowest BCUT2D eigenvalue weighted by Crippen LogP contribution is -2.36. The van der Waals surface area contributed by atoms with Crippen LogP contribution in [0.1, 0.15) is 19.0 Å². The van der Waals surface area contributed by atoms with Gasteiger partial charge in [-0.05, 0) is 6.42 Å². The van der Waals surface area contributed by atoms with Crippen LogP contribution in [0.25, 0.3) is 11.4 Å². The van der Waals surface area contributed by atoms with Crippen molar-refractivity contribution < 1.29 is 4.79 Å². The number of carbonyl (C=O) groups is 1. The molecule has 2 aromatic rings. The quantitative estimate of drug-likeness (QED) is 0.755. The van der Waals surface area contributed by atoms with Crippen molar-refractivity contribution in [1.29, 1.82) is 0 Å². The number of rotatable bonds is 6. The van der Waals surface area contributed by atoms with Crippen LogP contribution in [0.2, 0.25) is 0 Å². The Hall–Kier alpha value is -2.30. The molecule has 0 saturated heterocycles. The Labute approximate surface area is 118 Å². The van der Waals surface area contributed by atoms with E-state index in [0.717, 1.165) is 29.9 Å². The summed E-state index contributed by atoms with van der Waals surface area (Å²) in [5.74, 6) is 0.857. The summed E-state index contributed by atoms with van der Waals surface area (Å²) < 4.78 is 0. The van der Waals surface area contributed by atoms with Crippen molar-refractivity contribution in [3.63, 3.8) is 0 Å². The third-order valence-corrected chi connectivity index (χ3v) is 2.89. The predicted molar refractivity (Wildman–Crippen MR) is 79.4 cm³/mol. The van der Waals surface area contributed by atoms with Gasteiger partial charge < -0.3 is 15.6 Å². The minimum Gasteiger partial charge on any atom is -0.342 e. The smallest absolute Gasteiger partial charge is 0.314 e. The number of carbonyl (C=O) groups excluding carboxylic acids is 1. The number of H-pyrrole nitrogens is 1. The molecule has 0 aliphatic carbocycles. The highest BCUT2D eigenvalue weighted by molar-refractivity contribution is 5.73. The lowest BCUT2D eigenvalue weighted by molar-refractivity contribution is 0.241. The molecule has 0 aliphatic rings. The van der Waals surface area contributed by atoms with Crippen molar-refractivity contribution in [2.24, 2.45) is 0 Å². The molecule has 5 heteroatoms. The van der Waals surface area contributed by atoms with Crippen molar-refractivity contribution in [2.75, 3.05) is 13.1 Å². The Bertz CT molecular complexity index is 536. The van der Waals surface area contributed by atoms with Crippen LogP contribution in [0.5, 0.6) is 0 Å². The highest BCUT2D eigenvalue weighted by atomic mass is 16.2. The van der Waals surface area contributed by atoms with Gasteiger partial charge in [-0.25, -0.2) is 9.78 Å². The molecule has 1 aromatic carbocycles. The molecule has 1 heterocycles. The van der Waals surface area contributed by atoms with E-state index in [9.17, 15) is 4.79 Å². The molecule has 106 valence electrons. The van der Waals surface area contributed by atoms with Gasteiger partial charge in [0.2, 0.25) is 0 Å². The number of nitrogens with zero attached hydrogens (tertiary/aromatic N) is 1. The monoisotopic (exact) mass is 272 g/mol. The molecular weight excluding hydrogens is 252 g/mol. The fourth-order valence-electron chi connectivity index (χ4n) is 1.84. The van der Waals surface area contributed by atoms with E-state index in [0.29, 0.717) is 13.1 Å². The molecule has 0 fully saturated rings. The predicted octanol–water partition coefficient (Wildman–Crippen LogP) is 2.33. The number of hydrogen-bond acceptors (Lipinski definition) is 2. The van der Waals surface area contributed by atoms with Gasteiger partial charge in [-0.1, -0.05) is 37.3 Å². The number of benzene rings is 1. The van der Waals surface area contributed by atoms with Crippen LogP contribution in [0.15, 0.2) is 36.5 Å². The van der Waals surface area contributed by atoms with Crippen molar-refractivity contribution in [1.82, 2.24) is 20.6 Å². The van der Waals surface area contributed by atoms with Crippen LogP contribution >= 0.6 is 0 Å². The molecule has 0 radical (unpaired) electrons. The van der Waals surface area contributed by atoms with Crippen LogP contribution in [0.3, 0.4) is 0 Å². The van der Waals surface area contributed by atoms with Gasteiger partial charge in [0.05, 0.1) is 0 Å². The zero-order chi connectivity index (χ0) is 14.2. The lowest BCUT2D eigenvalue weighted by Gasteiger charge is -2.05. The summed E-state index contributed by atoms with van der Waals surface area (Å²) in [6.45, 7) is 3.32. The van der Waals surface area contributed by atoms with E-state index in [2.05, 4.69) is 20.6 Å². The molecular formula is C15H20N4O. The zero-order valence-electron chi connectivity index (χ0n) is 11.6. The largest absolute Gasteiger partial charge is 0.342 e. The molecule has 0 bridgehead atoms. The minimum absolute atomic E-state index is 0.116. The number of aromatic nitrogens is 2. The van der Waals surface area contributed by atoms with E-state index in [-0.39, 0.29) is 6.03 Å². The van der Waals surface area contributed by atoms with Gasteiger partial charge in [0.15, 0.2) is 0 Å². The Kier molecular flexibility index (Phi) is 5.17. The van der Waals surface area contributed by atoms with Gasteiger partial charge >= 0.3 is 6.03 Å². The first-order valence-corrected chi connectivity index (χ1v) is 6.90. The zero-order valence-corrected chi connectivity index (χ0v) is 11.6.